The van der Waals surface area contributed by atoms with Crippen molar-refractivity contribution in [2.75, 3.05) is 25.5 Å². The average molecular weight is 468 g/mol. The van der Waals surface area contributed by atoms with Gasteiger partial charge < -0.3 is 25.1 Å². The van der Waals surface area contributed by atoms with E-state index in [-0.39, 0.29) is 18.9 Å². The van der Waals surface area contributed by atoms with Crippen LogP contribution in [-0.4, -0.2) is 56.9 Å². The SMILES string of the molecule is CNC(=O)CCC(C=O)N(C)c1cccc2cc(/C=C/CNC(=O)OC(C)(C)C)cc(C=O)c12. The number of nitrogens with one attached hydrogen (secondary N) is 2. The summed E-state index contributed by atoms with van der Waals surface area (Å²) in [6.45, 7) is 5.66. The van der Waals surface area contributed by atoms with Crippen molar-refractivity contribution >= 4 is 47.1 Å². The summed E-state index contributed by atoms with van der Waals surface area (Å²) >= 11 is 0. The standard InChI is InChI=1S/C26H33N3O5/c1-26(2,3)34-25(33)28-13-7-8-18-14-19-9-6-10-22(24(19)20(15-18)16-30)29(5)21(17-31)11-12-23(32)27-4/h6-10,14-17,21H,11-13H2,1-5H3,(H,27,32)(H,28,33)/b8-7+. The Hall–Kier alpha value is -3.68. The monoisotopic (exact) mass is 467 g/mol. The number of rotatable bonds is 10. The smallest absolute Gasteiger partial charge is 0.407 e. The van der Waals surface area contributed by atoms with E-state index in [9.17, 15) is 19.2 Å². The minimum atomic E-state index is -0.568. The highest BCUT2D eigenvalue weighted by atomic mass is 16.6. The fourth-order valence-electron chi connectivity index (χ4n) is 3.54. The number of hydrogen-bond donors (Lipinski definition) is 2. The van der Waals surface area contributed by atoms with Gasteiger partial charge in [-0.05, 0) is 56.3 Å². The molecule has 8 nitrogen and oxygen atoms in total. The second-order valence-electron chi connectivity index (χ2n) is 8.91. The molecule has 2 rings (SSSR count). The first kappa shape index (κ1) is 26.6. The maximum absolute atomic E-state index is 12.0. The lowest BCUT2D eigenvalue weighted by molar-refractivity contribution is -0.120. The molecule has 0 radical (unpaired) electrons. The van der Waals surface area contributed by atoms with Crippen molar-refractivity contribution in [2.24, 2.45) is 0 Å². The summed E-state index contributed by atoms with van der Waals surface area (Å²) in [6.07, 6.45) is 5.28. The van der Waals surface area contributed by atoms with Crippen LogP contribution in [0.3, 0.4) is 0 Å². The molecule has 1 unspecified atom stereocenters. The van der Waals surface area contributed by atoms with Gasteiger partial charge >= 0.3 is 6.09 Å². The predicted molar refractivity (Wildman–Crippen MR) is 134 cm³/mol. The number of nitrogens with zero attached hydrogens (tertiary/aromatic N) is 1. The van der Waals surface area contributed by atoms with Gasteiger partial charge in [-0.15, -0.1) is 0 Å². The van der Waals surface area contributed by atoms with E-state index in [0.717, 1.165) is 34.6 Å². The summed E-state index contributed by atoms with van der Waals surface area (Å²) < 4.78 is 5.20. The Morgan fingerprint density at radius 2 is 1.91 bits per heavy atom. The number of fused-ring (bicyclic) bond motifs is 1. The third kappa shape index (κ3) is 7.43. The third-order valence-electron chi connectivity index (χ3n) is 5.19. The van der Waals surface area contributed by atoms with Crippen molar-refractivity contribution in [1.82, 2.24) is 10.6 Å². The Bertz CT molecular complexity index is 1070. The number of anilines is 1. The molecule has 2 aromatic rings. The van der Waals surface area contributed by atoms with Crippen LogP contribution >= 0.6 is 0 Å². The first-order valence-electron chi connectivity index (χ1n) is 11.1. The fraction of sp³-hybridized carbons (Fsp3) is 0.385. The molecule has 182 valence electrons. The van der Waals surface area contributed by atoms with Gasteiger partial charge in [0.05, 0.1) is 6.04 Å². The van der Waals surface area contributed by atoms with Crippen molar-refractivity contribution in [3.63, 3.8) is 0 Å². The summed E-state index contributed by atoms with van der Waals surface area (Å²) in [5.74, 6) is -0.135. The number of alkyl carbamates (subject to hydrolysis) is 1. The van der Waals surface area contributed by atoms with E-state index in [1.165, 1.54) is 0 Å². The Morgan fingerprint density at radius 3 is 2.53 bits per heavy atom. The van der Waals surface area contributed by atoms with Gasteiger partial charge in [0.25, 0.3) is 0 Å². The molecule has 2 N–H and O–H groups in total. The molecule has 0 heterocycles. The molecule has 0 bridgehead atoms. The van der Waals surface area contributed by atoms with E-state index in [4.69, 9.17) is 4.74 Å². The highest BCUT2D eigenvalue weighted by Crippen LogP contribution is 2.31. The topological polar surface area (TPSA) is 105 Å². The van der Waals surface area contributed by atoms with Gasteiger partial charge in [0.1, 0.15) is 11.9 Å². The number of likely N-dealkylation sites (N-methyl/N-ethyl adjacent to an activating group) is 1. The molecule has 0 spiro atoms. The van der Waals surface area contributed by atoms with Crippen LogP contribution in [0.5, 0.6) is 0 Å². The summed E-state index contributed by atoms with van der Waals surface area (Å²) in [5.41, 5.74) is 1.44. The molecule has 34 heavy (non-hydrogen) atoms. The summed E-state index contributed by atoms with van der Waals surface area (Å²) in [4.78, 5) is 48.9. The van der Waals surface area contributed by atoms with Gasteiger partial charge in [0.15, 0.2) is 6.29 Å². The van der Waals surface area contributed by atoms with Crippen molar-refractivity contribution in [1.29, 1.82) is 0 Å². The summed E-state index contributed by atoms with van der Waals surface area (Å²) in [5, 5.41) is 6.78. The quantitative estimate of drug-likeness (QED) is 0.516. The van der Waals surface area contributed by atoms with E-state index in [1.54, 1.807) is 51.9 Å². The largest absolute Gasteiger partial charge is 0.444 e. The normalized spacial score (nSPS) is 12.3. The number of hydrogen-bond acceptors (Lipinski definition) is 6. The minimum absolute atomic E-state index is 0.135. The lowest BCUT2D eigenvalue weighted by atomic mass is 9.98. The van der Waals surface area contributed by atoms with E-state index in [2.05, 4.69) is 10.6 Å². The van der Waals surface area contributed by atoms with E-state index in [1.807, 2.05) is 30.3 Å². The molecular weight excluding hydrogens is 434 g/mol. The second kappa shape index (κ2) is 12.0. The van der Waals surface area contributed by atoms with Gasteiger partial charge in [-0.1, -0.05) is 24.3 Å². The number of aldehydes is 2. The van der Waals surface area contributed by atoms with Crippen LogP contribution in [0.4, 0.5) is 10.5 Å². The molecule has 0 aliphatic rings. The van der Waals surface area contributed by atoms with Crippen LogP contribution in [0.25, 0.3) is 16.8 Å². The Labute approximate surface area is 200 Å². The van der Waals surface area contributed by atoms with E-state index >= 15 is 0 Å². The first-order chi connectivity index (χ1) is 16.1. The Balaban J connectivity index is 2.26. The average Bonchev–Trinajstić information content (AvgIpc) is 2.79. The van der Waals surface area contributed by atoms with E-state index in [0.29, 0.717) is 12.0 Å². The number of carbonyl (C=O) groups is 4. The van der Waals surface area contributed by atoms with E-state index < -0.39 is 17.7 Å². The molecule has 0 saturated carbocycles. The molecule has 2 aromatic carbocycles. The molecule has 0 saturated heterocycles. The molecule has 2 amide bonds. The Morgan fingerprint density at radius 1 is 1.18 bits per heavy atom. The molecule has 0 aromatic heterocycles. The van der Waals surface area contributed by atoms with Crippen LogP contribution < -0.4 is 15.5 Å². The molecule has 8 heteroatoms. The van der Waals surface area contributed by atoms with Gasteiger partial charge in [-0.3, -0.25) is 9.59 Å². The van der Waals surface area contributed by atoms with Crippen molar-refractivity contribution in [3.8, 4) is 0 Å². The van der Waals surface area contributed by atoms with Crippen molar-refractivity contribution in [3.05, 3.63) is 47.5 Å². The fourth-order valence-corrected chi connectivity index (χ4v) is 3.54. The lowest BCUT2D eigenvalue weighted by Crippen LogP contribution is -2.34. The summed E-state index contributed by atoms with van der Waals surface area (Å²) in [6, 6.07) is 8.80. The second-order valence-corrected chi connectivity index (χ2v) is 8.91. The summed E-state index contributed by atoms with van der Waals surface area (Å²) in [7, 11) is 3.34. The van der Waals surface area contributed by atoms with Crippen molar-refractivity contribution in [2.45, 2.75) is 45.3 Å². The predicted octanol–water partition coefficient (Wildman–Crippen LogP) is 3.72. The highest BCUT2D eigenvalue weighted by molar-refractivity contribution is 6.06. The zero-order valence-electron chi connectivity index (χ0n) is 20.4. The highest BCUT2D eigenvalue weighted by Gasteiger charge is 2.19. The zero-order chi connectivity index (χ0) is 25.3. The number of ether oxygens (including phenoxy) is 1. The molecule has 0 aliphatic carbocycles. The van der Waals surface area contributed by atoms with Crippen LogP contribution in [0.1, 0.15) is 49.5 Å². The number of benzene rings is 2. The zero-order valence-corrected chi connectivity index (χ0v) is 20.4. The Kier molecular flexibility index (Phi) is 9.36. The van der Waals surface area contributed by atoms with Crippen molar-refractivity contribution < 1.29 is 23.9 Å². The molecular formula is C26H33N3O5. The van der Waals surface area contributed by atoms with Crippen LogP contribution in [-0.2, 0) is 14.3 Å². The van der Waals surface area contributed by atoms with Crippen LogP contribution in [0.15, 0.2) is 36.4 Å². The van der Waals surface area contributed by atoms with Gasteiger partial charge in [0, 0.05) is 43.7 Å². The minimum Gasteiger partial charge on any atom is -0.444 e. The lowest BCUT2D eigenvalue weighted by Gasteiger charge is -2.27. The number of amides is 2. The maximum Gasteiger partial charge on any atom is 0.407 e. The maximum atomic E-state index is 12.0. The van der Waals surface area contributed by atoms with Crippen LogP contribution in [0, 0.1) is 0 Å². The first-order valence-corrected chi connectivity index (χ1v) is 11.1. The van der Waals surface area contributed by atoms with Gasteiger partial charge in [-0.25, -0.2) is 4.79 Å². The third-order valence-corrected chi connectivity index (χ3v) is 5.19. The number of carbonyl (C=O) groups excluding carboxylic acids is 4. The molecule has 1 atom stereocenters. The van der Waals surface area contributed by atoms with Gasteiger partial charge in [-0.2, -0.15) is 0 Å². The van der Waals surface area contributed by atoms with Crippen LogP contribution in [0.2, 0.25) is 0 Å². The molecule has 0 aliphatic heterocycles. The van der Waals surface area contributed by atoms with Gasteiger partial charge in [0.2, 0.25) is 5.91 Å². The molecule has 0 fully saturated rings.